The molecule has 1 aliphatic heterocycles. The molecule has 1 saturated heterocycles. The summed E-state index contributed by atoms with van der Waals surface area (Å²) in [5.74, 6) is -2.64. The first-order valence-electron chi connectivity index (χ1n) is 12.5. The van der Waals surface area contributed by atoms with Gasteiger partial charge in [-0.25, -0.2) is 4.79 Å². The van der Waals surface area contributed by atoms with Gasteiger partial charge in [-0.2, -0.15) is 26.3 Å². The minimum atomic E-state index is -4.57. The fourth-order valence-corrected chi connectivity index (χ4v) is 4.50. The second-order valence-corrected chi connectivity index (χ2v) is 11.3. The highest BCUT2D eigenvalue weighted by molar-refractivity contribution is 5.87. The van der Waals surface area contributed by atoms with Crippen molar-refractivity contribution in [2.24, 2.45) is 10.8 Å². The summed E-state index contributed by atoms with van der Waals surface area (Å²) in [6.45, 7) is 7.04. The van der Waals surface area contributed by atoms with Gasteiger partial charge in [0.05, 0.1) is 6.04 Å². The molecular weight excluding hydrogens is 534 g/mol. The molecule has 0 aromatic heterocycles. The number of rotatable bonds is 3. The van der Waals surface area contributed by atoms with E-state index in [1.807, 2.05) is 6.07 Å². The van der Waals surface area contributed by atoms with E-state index < -0.39 is 58.8 Å². The van der Waals surface area contributed by atoms with Crippen molar-refractivity contribution in [3.63, 3.8) is 0 Å². The van der Waals surface area contributed by atoms with Gasteiger partial charge in [0.25, 0.3) is 0 Å². The van der Waals surface area contributed by atoms with E-state index in [0.29, 0.717) is 0 Å². The molecule has 3 fully saturated rings. The van der Waals surface area contributed by atoms with Crippen LogP contribution in [0.2, 0.25) is 0 Å². The molecule has 1 aromatic carbocycles. The number of carboxylic acid groups (broad SMARTS) is 1. The fraction of sp³-hybridized carbons (Fsp3) is 0.654. The molecule has 2 saturated carbocycles. The van der Waals surface area contributed by atoms with Crippen LogP contribution in [-0.4, -0.2) is 70.0 Å². The second kappa shape index (κ2) is 10.2. The third kappa shape index (κ3) is 6.27. The highest BCUT2D eigenvalue weighted by Crippen LogP contribution is 2.59. The van der Waals surface area contributed by atoms with Gasteiger partial charge in [-0.05, 0) is 58.9 Å². The van der Waals surface area contributed by atoms with Crippen molar-refractivity contribution in [3.05, 3.63) is 35.9 Å². The van der Waals surface area contributed by atoms with Crippen LogP contribution < -0.4 is 0 Å². The molecule has 1 N–H and O–H groups in total. The van der Waals surface area contributed by atoms with Gasteiger partial charge < -0.3 is 14.7 Å². The lowest BCUT2D eigenvalue weighted by Gasteiger charge is -2.46. The number of amides is 2. The minimum absolute atomic E-state index is 0.00108. The maximum atomic E-state index is 13.5. The highest BCUT2D eigenvalue weighted by Gasteiger charge is 2.70. The molecule has 0 radical (unpaired) electrons. The van der Waals surface area contributed by atoms with Crippen molar-refractivity contribution in [1.82, 2.24) is 9.80 Å². The number of aliphatic carboxylic acids is 1. The van der Waals surface area contributed by atoms with Gasteiger partial charge in [-0.15, -0.1) is 0 Å². The van der Waals surface area contributed by atoms with E-state index in [2.05, 4.69) is 0 Å². The van der Waals surface area contributed by atoms with Gasteiger partial charge in [0.15, 0.2) is 5.41 Å². The van der Waals surface area contributed by atoms with E-state index in [1.54, 1.807) is 52.0 Å². The lowest BCUT2D eigenvalue weighted by atomic mass is 9.96. The molecule has 2 atom stereocenters. The molecule has 0 bridgehead atoms. The number of carboxylic acids is 1. The van der Waals surface area contributed by atoms with Gasteiger partial charge in [-0.3, -0.25) is 14.5 Å². The molecule has 1 heterocycles. The number of hydrogen-bond acceptors (Lipinski definition) is 4. The number of nitrogens with zero attached hydrogens (tertiary/aromatic N) is 2. The van der Waals surface area contributed by atoms with Gasteiger partial charge in [0.1, 0.15) is 11.0 Å². The fourth-order valence-electron chi connectivity index (χ4n) is 4.50. The Bertz CT molecular complexity index is 1080. The average Bonchev–Trinajstić information content (AvgIpc) is 3.70. The zero-order valence-electron chi connectivity index (χ0n) is 22.0. The zero-order chi connectivity index (χ0) is 29.6. The summed E-state index contributed by atoms with van der Waals surface area (Å²) in [6.07, 6.45) is -10.6. The highest BCUT2D eigenvalue weighted by atomic mass is 19.4. The number of halogens is 6. The quantitative estimate of drug-likeness (QED) is 0.457. The summed E-state index contributed by atoms with van der Waals surface area (Å²) in [4.78, 5) is 38.5. The van der Waals surface area contributed by atoms with Crippen LogP contribution in [0.3, 0.4) is 0 Å². The van der Waals surface area contributed by atoms with Crippen LogP contribution in [0.15, 0.2) is 30.3 Å². The van der Waals surface area contributed by atoms with Crippen molar-refractivity contribution < 1.29 is 50.6 Å². The number of benzene rings is 1. The second-order valence-electron chi connectivity index (χ2n) is 11.3. The van der Waals surface area contributed by atoms with Crippen LogP contribution in [0.4, 0.5) is 31.1 Å². The Kier molecular flexibility index (Phi) is 7.99. The smallest absolute Gasteiger partial charge is 0.410 e. The van der Waals surface area contributed by atoms with E-state index in [9.17, 15) is 40.7 Å². The predicted molar refractivity (Wildman–Crippen MR) is 126 cm³/mol. The number of carbonyl (C=O) groups excluding carboxylic acids is 2. The number of carbonyl (C=O) groups is 3. The molecule has 3 aliphatic rings. The van der Waals surface area contributed by atoms with Crippen LogP contribution >= 0.6 is 0 Å². The molecule has 4 rings (SSSR count). The number of ether oxygens (including phenoxy) is 1. The Labute approximate surface area is 222 Å². The summed E-state index contributed by atoms with van der Waals surface area (Å²) < 4.78 is 81.3. The Balaban J connectivity index is 0.000000353. The molecule has 39 heavy (non-hydrogen) atoms. The first-order chi connectivity index (χ1) is 17.8. The SMILES string of the molecule is C[C@@H]1CN(C(=O)OC(C)(C)C)[C@@H](c2ccccc2)CN1C(=O)C1(C(F)(F)F)CC1.O=C(O)C1(C(F)(F)F)CC1. The lowest BCUT2D eigenvalue weighted by Crippen LogP contribution is -2.59. The van der Waals surface area contributed by atoms with Gasteiger partial charge in [0, 0.05) is 19.1 Å². The topological polar surface area (TPSA) is 87.2 Å². The molecule has 218 valence electrons. The molecular formula is C26H32F6N2O5. The molecule has 0 unspecified atom stereocenters. The summed E-state index contributed by atoms with van der Waals surface area (Å²) >= 11 is 0. The number of piperazine rings is 1. The zero-order valence-corrected chi connectivity index (χ0v) is 22.0. The Morgan fingerprint density at radius 1 is 0.846 bits per heavy atom. The largest absolute Gasteiger partial charge is 0.481 e. The maximum Gasteiger partial charge on any atom is 0.410 e. The van der Waals surface area contributed by atoms with Crippen molar-refractivity contribution in [3.8, 4) is 0 Å². The van der Waals surface area contributed by atoms with Crippen LogP contribution in [0, 0.1) is 10.8 Å². The summed E-state index contributed by atoms with van der Waals surface area (Å²) in [6, 6.07) is 7.90. The van der Waals surface area contributed by atoms with Crippen molar-refractivity contribution in [2.75, 3.05) is 13.1 Å². The molecule has 0 spiro atoms. The van der Waals surface area contributed by atoms with Crippen molar-refractivity contribution in [1.29, 1.82) is 0 Å². The lowest BCUT2D eigenvalue weighted by molar-refractivity contribution is -0.203. The Morgan fingerprint density at radius 3 is 1.69 bits per heavy atom. The third-order valence-corrected chi connectivity index (χ3v) is 7.22. The Hall–Kier alpha value is -2.99. The van der Waals surface area contributed by atoms with Crippen LogP contribution in [0.25, 0.3) is 0 Å². The van der Waals surface area contributed by atoms with Crippen molar-refractivity contribution in [2.45, 2.75) is 83.4 Å². The third-order valence-electron chi connectivity index (χ3n) is 7.22. The van der Waals surface area contributed by atoms with E-state index in [0.717, 1.165) is 5.56 Å². The first-order valence-corrected chi connectivity index (χ1v) is 12.5. The van der Waals surface area contributed by atoms with Gasteiger partial charge in [-0.1, -0.05) is 30.3 Å². The normalized spacial score (nSPS) is 23.7. The number of alkyl halides is 6. The van der Waals surface area contributed by atoms with E-state index in [1.165, 1.54) is 9.80 Å². The summed E-state index contributed by atoms with van der Waals surface area (Å²) in [5, 5.41) is 8.12. The molecule has 1 aromatic rings. The van der Waals surface area contributed by atoms with E-state index in [-0.39, 0.29) is 38.8 Å². The number of hydrogen-bond donors (Lipinski definition) is 1. The summed E-state index contributed by atoms with van der Waals surface area (Å²) in [5.41, 5.74) is -4.62. The van der Waals surface area contributed by atoms with E-state index >= 15 is 0 Å². The minimum Gasteiger partial charge on any atom is -0.481 e. The van der Waals surface area contributed by atoms with E-state index in [4.69, 9.17) is 9.84 Å². The summed E-state index contributed by atoms with van der Waals surface area (Å²) in [7, 11) is 0. The first kappa shape index (κ1) is 30.6. The van der Waals surface area contributed by atoms with Gasteiger partial charge >= 0.3 is 24.4 Å². The Morgan fingerprint density at radius 2 is 1.33 bits per heavy atom. The van der Waals surface area contributed by atoms with Crippen molar-refractivity contribution >= 4 is 18.0 Å². The molecule has 13 heteroatoms. The predicted octanol–water partition coefficient (Wildman–Crippen LogP) is 5.95. The van der Waals surface area contributed by atoms with Gasteiger partial charge in [0.2, 0.25) is 5.91 Å². The maximum absolute atomic E-state index is 13.5. The molecule has 2 aliphatic carbocycles. The van der Waals surface area contributed by atoms with Crippen LogP contribution in [0.1, 0.15) is 65.0 Å². The molecule has 7 nitrogen and oxygen atoms in total. The average molecular weight is 567 g/mol. The molecule has 2 amide bonds. The standard InChI is InChI=1S/C21H27F3N2O3.C5H5F3O2/c1-14-12-26(18(28)29-19(2,3)4)16(15-8-6-5-7-9-15)13-25(14)17(27)20(10-11-20)21(22,23)24;6-5(7,8)4(1-2-4)3(9)10/h5-9,14,16H,10-13H2,1-4H3;1-2H2,(H,9,10)/t14-,16-;/m1./s1. The van der Waals surface area contributed by atoms with Crippen LogP contribution in [0.5, 0.6) is 0 Å². The van der Waals surface area contributed by atoms with Crippen LogP contribution in [-0.2, 0) is 14.3 Å². The monoisotopic (exact) mass is 566 g/mol.